The van der Waals surface area contributed by atoms with E-state index in [2.05, 4.69) is 4.98 Å². The van der Waals surface area contributed by atoms with E-state index in [1.165, 1.54) is 23.5 Å². The molecular weight excluding hydrogens is 230 g/mol. The fourth-order valence-corrected chi connectivity index (χ4v) is 1.61. The van der Waals surface area contributed by atoms with Gasteiger partial charge in [0.25, 0.3) is 0 Å². The van der Waals surface area contributed by atoms with Crippen molar-refractivity contribution in [3.8, 4) is 0 Å². The van der Waals surface area contributed by atoms with Gasteiger partial charge in [-0.3, -0.25) is 10.1 Å². The number of nitrogens with two attached hydrogens (primary N) is 1. The standard InChI is InChI=1S/C9H7N3O3S/c10-9-11-6(5-16-9)1-2-7-3-4-8(15-7)12(13)14/h1-5H,(H2,10,11). The SMILES string of the molecule is Nc1nc(C=Cc2ccc([N+](=O)[O-])o2)cs1. The van der Waals surface area contributed by atoms with E-state index in [0.717, 1.165) is 0 Å². The summed E-state index contributed by atoms with van der Waals surface area (Å²) in [4.78, 5) is 13.8. The van der Waals surface area contributed by atoms with Gasteiger partial charge < -0.3 is 10.2 Å². The average molecular weight is 237 g/mol. The summed E-state index contributed by atoms with van der Waals surface area (Å²) >= 11 is 1.33. The Morgan fingerprint density at radius 3 is 2.88 bits per heavy atom. The number of anilines is 1. The molecule has 2 heterocycles. The highest BCUT2D eigenvalue weighted by molar-refractivity contribution is 7.13. The van der Waals surface area contributed by atoms with E-state index in [4.69, 9.17) is 10.2 Å². The molecule has 0 unspecified atom stereocenters. The molecule has 0 spiro atoms. The fourth-order valence-electron chi connectivity index (χ4n) is 1.07. The molecule has 0 atom stereocenters. The molecule has 16 heavy (non-hydrogen) atoms. The number of hydrogen-bond acceptors (Lipinski definition) is 6. The van der Waals surface area contributed by atoms with Crippen LogP contribution in [0.2, 0.25) is 0 Å². The number of furan rings is 1. The Kier molecular flexibility index (Phi) is 2.69. The second kappa shape index (κ2) is 4.15. The van der Waals surface area contributed by atoms with Crippen LogP contribution in [0.1, 0.15) is 11.5 Å². The number of hydrogen-bond donors (Lipinski definition) is 1. The van der Waals surface area contributed by atoms with Crippen LogP contribution in [0, 0.1) is 10.1 Å². The van der Waals surface area contributed by atoms with E-state index in [1.54, 1.807) is 17.5 Å². The molecule has 2 aromatic rings. The quantitative estimate of drug-likeness (QED) is 0.653. The smallest absolute Gasteiger partial charge is 0.401 e. The van der Waals surface area contributed by atoms with Crippen molar-refractivity contribution in [2.75, 3.05) is 5.73 Å². The number of aromatic nitrogens is 1. The van der Waals surface area contributed by atoms with Crippen molar-refractivity contribution in [2.24, 2.45) is 0 Å². The van der Waals surface area contributed by atoms with Crippen molar-refractivity contribution in [1.29, 1.82) is 0 Å². The number of thiazole rings is 1. The molecule has 0 saturated carbocycles. The number of nitrogens with zero attached hydrogens (tertiary/aromatic N) is 2. The van der Waals surface area contributed by atoms with Crippen LogP contribution >= 0.6 is 11.3 Å². The van der Waals surface area contributed by atoms with Crippen LogP contribution in [0.4, 0.5) is 11.0 Å². The normalized spacial score (nSPS) is 11.0. The number of rotatable bonds is 3. The van der Waals surface area contributed by atoms with Crippen LogP contribution in [0.5, 0.6) is 0 Å². The lowest BCUT2D eigenvalue weighted by Gasteiger charge is -1.84. The van der Waals surface area contributed by atoms with Crippen LogP contribution in [0.25, 0.3) is 12.2 Å². The molecule has 6 nitrogen and oxygen atoms in total. The summed E-state index contributed by atoms with van der Waals surface area (Å²) in [6.45, 7) is 0. The van der Waals surface area contributed by atoms with Gasteiger partial charge in [0.15, 0.2) is 5.13 Å². The minimum atomic E-state index is -0.585. The van der Waals surface area contributed by atoms with Crippen LogP contribution in [0.3, 0.4) is 0 Å². The highest BCUT2D eigenvalue weighted by Crippen LogP contribution is 2.18. The van der Waals surface area contributed by atoms with Gasteiger partial charge in [0.2, 0.25) is 0 Å². The number of nitro groups is 1. The van der Waals surface area contributed by atoms with Crippen molar-refractivity contribution in [3.05, 3.63) is 39.1 Å². The lowest BCUT2D eigenvalue weighted by atomic mass is 10.3. The maximum Gasteiger partial charge on any atom is 0.433 e. The van der Waals surface area contributed by atoms with Gasteiger partial charge in [-0.1, -0.05) is 0 Å². The predicted octanol–water partition coefficient (Wildman–Crippen LogP) is 2.40. The Hall–Kier alpha value is -2.15. The first kappa shape index (κ1) is 10.4. The zero-order valence-corrected chi connectivity index (χ0v) is 8.81. The highest BCUT2D eigenvalue weighted by atomic mass is 32.1. The first-order chi connectivity index (χ1) is 7.65. The third kappa shape index (κ3) is 2.26. The summed E-state index contributed by atoms with van der Waals surface area (Å²) in [6, 6.07) is 2.82. The Bertz CT molecular complexity index is 544. The van der Waals surface area contributed by atoms with Crippen LogP contribution < -0.4 is 5.73 Å². The minimum absolute atomic E-state index is 0.280. The molecule has 7 heteroatoms. The molecule has 82 valence electrons. The summed E-state index contributed by atoms with van der Waals surface area (Å²) in [5.41, 5.74) is 6.15. The molecule has 0 saturated heterocycles. The fraction of sp³-hybridized carbons (Fsp3) is 0. The molecule has 0 aliphatic heterocycles. The van der Waals surface area contributed by atoms with Crippen LogP contribution in [-0.2, 0) is 0 Å². The van der Waals surface area contributed by atoms with E-state index in [0.29, 0.717) is 16.6 Å². The maximum absolute atomic E-state index is 10.4. The van der Waals surface area contributed by atoms with Crippen molar-refractivity contribution < 1.29 is 9.34 Å². The van der Waals surface area contributed by atoms with Gasteiger partial charge in [-0.05, 0) is 18.2 Å². The third-order valence-electron chi connectivity index (χ3n) is 1.75. The van der Waals surface area contributed by atoms with E-state index in [9.17, 15) is 10.1 Å². The lowest BCUT2D eigenvalue weighted by Crippen LogP contribution is -1.82. The number of nitrogen functional groups attached to an aromatic ring is 1. The first-order valence-electron chi connectivity index (χ1n) is 4.28. The van der Waals surface area contributed by atoms with E-state index >= 15 is 0 Å². The van der Waals surface area contributed by atoms with E-state index in [-0.39, 0.29) is 5.88 Å². The highest BCUT2D eigenvalue weighted by Gasteiger charge is 2.09. The van der Waals surface area contributed by atoms with Crippen molar-refractivity contribution in [1.82, 2.24) is 4.98 Å². The third-order valence-corrected chi connectivity index (χ3v) is 2.44. The molecule has 0 bridgehead atoms. The summed E-state index contributed by atoms with van der Waals surface area (Å²) in [7, 11) is 0. The zero-order chi connectivity index (χ0) is 11.5. The Balaban J connectivity index is 2.14. The molecule has 0 aliphatic rings. The Morgan fingerprint density at radius 1 is 1.50 bits per heavy atom. The predicted molar refractivity (Wildman–Crippen MR) is 60.8 cm³/mol. The molecule has 0 fully saturated rings. The topological polar surface area (TPSA) is 95.2 Å². The van der Waals surface area contributed by atoms with Gasteiger partial charge >= 0.3 is 5.88 Å². The summed E-state index contributed by atoms with van der Waals surface area (Å²) in [6.07, 6.45) is 3.27. The average Bonchev–Trinajstić information content (AvgIpc) is 2.83. The van der Waals surface area contributed by atoms with Crippen molar-refractivity contribution in [2.45, 2.75) is 0 Å². The molecule has 0 amide bonds. The molecule has 0 radical (unpaired) electrons. The molecule has 2 aromatic heterocycles. The van der Waals surface area contributed by atoms with Crippen molar-refractivity contribution >= 4 is 34.5 Å². The van der Waals surface area contributed by atoms with Crippen molar-refractivity contribution in [3.63, 3.8) is 0 Å². The second-order valence-electron chi connectivity index (χ2n) is 2.88. The Morgan fingerprint density at radius 2 is 2.31 bits per heavy atom. The second-order valence-corrected chi connectivity index (χ2v) is 3.77. The molecule has 0 aliphatic carbocycles. The monoisotopic (exact) mass is 237 g/mol. The molecular formula is C9H7N3O3S. The summed E-state index contributed by atoms with van der Waals surface area (Å²) in [5.74, 6) is 0.121. The van der Waals surface area contributed by atoms with Gasteiger partial charge in [-0.25, -0.2) is 4.98 Å². The largest absolute Gasteiger partial charge is 0.433 e. The van der Waals surface area contributed by atoms with Gasteiger partial charge in [-0.2, -0.15) is 0 Å². The molecule has 0 aromatic carbocycles. The summed E-state index contributed by atoms with van der Waals surface area (Å²) < 4.78 is 4.93. The van der Waals surface area contributed by atoms with E-state index < -0.39 is 4.92 Å². The zero-order valence-electron chi connectivity index (χ0n) is 7.99. The maximum atomic E-state index is 10.4. The van der Waals surface area contributed by atoms with E-state index in [1.807, 2.05) is 0 Å². The molecule has 2 N–H and O–H groups in total. The van der Waals surface area contributed by atoms with Gasteiger partial charge in [0.1, 0.15) is 10.7 Å². The lowest BCUT2D eigenvalue weighted by molar-refractivity contribution is -0.402. The van der Waals surface area contributed by atoms with Gasteiger partial charge in [0, 0.05) is 5.38 Å². The molecule has 2 rings (SSSR count). The van der Waals surface area contributed by atoms with Crippen LogP contribution in [-0.4, -0.2) is 9.91 Å². The minimum Gasteiger partial charge on any atom is -0.401 e. The Labute approximate surface area is 94.2 Å². The van der Waals surface area contributed by atoms with Gasteiger partial charge in [-0.15, -0.1) is 11.3 Å². The summed E-state index contributed by atoms with van der Waals surface area (Å²) in [5, 5.41) is 12.6. The first-order valence-corrected chi connectivity index (χ1v) is 5.16. The van der Waals surface area contributed by atoms with Crippen LogP contribution in [0.15, 0.2) is 21.9 Å². The van der Waals surface area contributed by atoms with Gasteiger partial charge in [0.05, 0.1) is 11.8 Å².